The number of nitrogens with one attached hydrogen (secondary N) is 1. The van der Waals surface area contributed by atoms with E-state index in [0.29, 0.717) is 6.42 Å². The molecule has 0 aliphatic heterocycles. The number of aryl methyl sites for hydroxylation is 1. The van der Waals surface area contributed by atoms with Crippen molar-refractivity contribution in [3.8, 4) is 0 Å². The van der Waals surface area contributed by atoms with Gasteiger partial charge in [0.1, 0.15) is 0 Å². The second kappa shape index (κ2) is 6.66. The molecule has 0 unspecified atom stereocenters. The molecule has 2 rings (SSSR count). The maximum Gasteiger partial charge on any atom is 0.247 e. The predicted octanol–water partition coefficient (Wildman–Crippen LogP) is 3.47. The van der Waals surface area contributed by atoms with Crippen molar-refractivity contribution in [3.05, 3.63) is 33.8 Å². The van der Waals surface area contributed by atoms with Gasteiger partial charge in [-0.3, -0.25) is 4.79 Å². The second-order valence-electron chi connectivity index (χ2n) is 4.75. The van der Waals surface area contributed by atoms with Crippen LogP contribution in [0.2, 0.25) is 0 Å². The largest absolute Gasteiger partial charge is 0.352 e. The lowest BCUT2D eigenvalue weighted by atomic mass is 10.2. The highest BCUT2D eigenvalue weighted by molar-refractivity contribution is 7.09. The average Bonchev–Trinajstić information content (AvgIpc) is 3.02. The molecular weight excluding hydrogens is 256 g/mol. The van der Waals surface area contributed by atoms with Crippen LogP contribution >= 0.6 is 11.3 Å². The van der Waals surface area contributed by atoms with Gasteiger partial charge in [0.2, 0.25) is 5.91 Å². The summed E-state index contributed by atoms with van der Waals surface area (Å²) in [6, 6.07) is 0. The van der Waals surface area contributed by atoms with Gasteiger partial charge in [-0.1, -0.05) is 25.8 Å². The molecule has 4 heteroatoms. The van der Waals surface area contributed by atoms with E-state index in [2.05, 4.69) is 23.3 Å². The summed E-state index contributed by atoms with van der Waals surface area (Å²) in [5.41, 5.74) is 2.90. The Bertz CT molecular complexity index is 514. The van der Waals surface area contributed by atoms with Crippen molar-refractivity contribution in [2.75, 3.05) is 6.54 Å². The highest BCUT2D eigenvalue weighted by atomic mass is 32.1. The first-order valence-corrected chi connectivity index (χ1v) is 7.70. The van der Waals surface area contributed by atoms with E-state index in [0.717, 1.165) is 34.8 Å². The van der Waals surface area contributed by atoms with E-state index in [1.54, 1.807) is 11.3 Å². The Morgan fingerprint density at radius 1 is 1.47 bits per heavy atom. The maximum absolute atomic E-state index is 12.0. The molecule has 1 aromatic rings. The Labute approximate surface area is 118 Å². The first-order chi connectivity index (χ1) is 9.20. The molecule has 1 heterocycles. The van der Waals surface area contributed by atoms with Gasteiger partial charge in [0, 0.05) is 17.5 Å². The van der Waals surface area contributed by atoms with Crippen LogP contribution in [-0.4, -0.2) is 17.4 Å². The minimum Gasteiger partial charge on any atom is -0.352 e. The molecule has 1 N–H and O–H groups in total. The molecule has 3 nitrogen and oxygen atoms in total. The van der Waals surface area contributed by atoms with Crippen LogP contribution in [0.1, 0.15) is 43.3 Å². The zero-order valence-electron chi connectivity index (χ0n) is 11.5. The summed E-state index contributed by atoms with van der Waals surface area (Å²) >= 11 is 1.64. The van der Waals surface area contributed by atoms with E-state index in [-0.39, 0.29) is 5.91 Å². The molecular formula is C15H20N2OS. The third kappa shape index (κ3) is 3.77. The van der Waals surface area contributed by atoms with E-state index in [1.807, 2.05) is 18.4 Å². The number of hydrogen-bond acceptors (Lipinski definition) is 3. The SMILES string of the molecule is CCCCCNC(=O)C1=CC(c2csc(C)n2)=CC1. The van der Waals surface area contributed by atoms with Crippen molar-refractivity contribution in [1.82, 2.24) is 10.3 Å². The van der Waals surface area contributed by atoms with Crippen molar-refractivity contribution in [2.24, 2.45) is 0 Å². The van der Waals surface area contributed by atoms with Gasteiger partial charge < -0.3 is 5.32 Å². The Balaban J connectivity index is 1.88. The fourth-order valence-corrected chi connectivity index (χ4v) is 2.67. The molecule has 1 aromatic heterocycles. The summed E-state index contributed by atoms with van der Waals surface area (Å²) in [7, 11) is 0. The van der Waals surface area contributed by atoms with Crippen LogP contribution in [0.15, 0.2) is 23.1 Å². The fraction of sp³-hybridized carbons (Fsp3) is 0.467. The van der Waals surface area contributed by atoms with Crippen molar-refractivity contribution in [3.63, 3.8) is 0 Å². The fourth-order valence-electron chi connectivity index (χ4n) is 2.05. The minimum atomic E-state index is 0.0642. The number of allylic oxidation sites excluding steroid dienone is 3. The summed E-state index contributed by atoms with van der Waals surface area (Å²) < 4.78 is 0. The lowest BCUT2D eigenvalue weighted by Crippen LogP contribution is -2.25. The van der Waals surface area contributed by atoms with Crippen molar-refractivity contribution in [2.45, 2.75) is 39.5 Å². The van der Waals surface area contributed by atoms with Crippen LogP contribution in [0.5, 0.6) is 0 Å². The summed E-state index contributed by atoms with van der Waals surface area (Å²) in [4.78, 5) is 16.4. The van der Waals surface area contributed by atoms with Gasteiger partial charge in [-0.2, -0.15) is 0 Å². The number of nitrogens with zero attached hydrogens (tertiary/aromatic N) is 1. The predicted molar refractivity (Wildman–Crippen MR) is 80.1 cm³/mol. The number of unbranched alkanes of at least 4 members (excludes halogenated alkanes) is 2. The molecule has 0 bridgehead atoms. The third-order valence-corrected chi connectivity index (χ3v) is 3.92. The molecule has 0 radical (unpaired) electrons. The van der Waals surface area contributed by atoms with E-state index in [9.17, 15) is 4.79 Å². The lowest BCUT2D eigenvalue weighted by molar-refractivity contribution is -0.117. The van der Waals surface area contributed by atoms with Crippen LogP contribution < -0.4 is 5.32 Å². The smallest absolute Gasteiger partial charge is 0.247 e. The van der Waals surface area contributed by atoms with Crippen molar-refractivity contribution in [1.29, 1.82) is 0 Å². The molecule has 1 amide bonds. The number of carbonyl (C=O) groups excluding carboxylic acids is 1. The number of hydrogen-bond donors (Lipinski definition) is 1. The minimum absolute atomic E-state index is 0.0642. The zero-order chi connectivity index (χ0) is 13.7. The second-order valence-corrected chi connectivity index (χ2v) is 5.81. The Morgan fingerprint density at radius 2 is 2.32 bits per heavy atom. The van der Waals surface area contributed by atoms with Gasteiger partial charge in [0.25, 0.3) is 0 Å². The highest BCUT2D eigenvalue weighted by Crippen LogP contribution is 2.27. The number of thiazole rings is 1. The van der Waals surface area contributed by atoms with E-state index >= 15 is 0 Å². The van der Waals surface area contributed by atoms with Crippen molar-refractivity contribution >= 4 is 22.8 Å². The average molecular weight is 276 g/mol. The molecule has 0 atom stereocenters. The van der Waals surface area contributed by atoms with E-state index in [1.165, 1.54) is 12.8 Å². The van der Waals surface area contributed by atoms with Gasteiger partial charge in [0.15, 0.2) is 0 Å². The lowest BCUT2D eigenvalue weighted by Gasteiger charge is -2.04. The highest BCUT2D eigenvalue weighted by Gasteiger charge is 2.16. The maximum atomic E-state index is 12.0. The van der Waals surface area contributed by atoms with Gasteiger partial charge in [-0.05, 0) is 31.4 Å². The summed E-state index contributed by atoms with van der Waals surface area (Å²) in [6.45, 7) is 4.93. The van der Waals surface area contributed by atoms with Crippen LogP contribution in [0.4, 0.5) is 0 Å². The Morgan fingerprint density at radius 3 is 3.00 bits per heavy atom. The van der Waals surface area contributed by atoms with E-state index < -0.39 is 0 Å². The van der Waals surface area contributed by atoms with Crippen LogP contribution in [0.25, 0.3) is 5.57 Å². The molecule has 0 saturated heterocycles. The number of aromatic nitrogens is 1. The molecule has 1 aliphatic rings. The molecule has 102 valence electrons. The number of carbonyl (C=O) groups is 1. The molecule has 0 fully saturated rings. The molecule has 0 aromatic carbocycles. The molecule has 0 saturated carbocycles. The van der Waals surface area contributed by atoms with Crippen LogP contribution in [0.3, 0.4) is 0 Å². The molecule has 19 heavy (non-hydrogen) atoms. The van der Waals surface area contributed by atoms with Gasteiger partial charge in [-0.15, -0.1) is 11.3 Å². The third-order valence-electron chi connectivity index (χ3n) is 3.14. The molecule has 0 spiro atoms. The summed E-state index contributed by atoms with van der Waals surface area (Å²) in [5.74, 6) is 0.0642. The van der Waals surface area contributed by atoms with E-state index in [4.69, 9.17) is 0 Å². The number of rotatable bonds is 6. The summed E-state index contributed by atoms with van der Waals surface area (Å²) in [5, 5.41) is 6.08. The Hall–Kier alpha value is -1.42. The summed E-state index contributed by atoms with van der Waals surface area (Å²) in [6.07, 6.45) is 8.15. The number of amides is 1. The van der Waals surface area contributed by atoms with Crippen LogP contribution in [-0.2, 0) is 4.79 Å². The zero-order valence-corrected chi connectivity index (χ0v) is 12.3. The first kappa shape index (κ1) is 14.0. The quantitative estimate of drug-likeness (QED) is 0.808. The first-order valence-electron chi connectivity index (χ1n) is 6.82. The van der Waals surface area contributed by atoms with Gasteiger partial charge >= 0.3 is 0 Å². The normalized spacial score (nSPS) is 14.2. The van der Waals surface area contributed by atoms with Gasteiger partial charge in [-0.25, -0.2) is 4.98 Å². The van der Waals surface area contributed by atoms with Crippen LogP contribution in [0, 0.1) is 6.92 Å². The molecule has 1 aliphatic carbocycles. The Kier molecular flexibility index (Phi) is 4.91. The topological polar surface area (TPSA) is 42.0 Å². The monoisotopic (exact) mass is 276 g/mol. The van der Waals surface area contributed by atoms with Gasteiger partial charge in [0.05, 0.1) is 10.7 Å². The van der Waals surface area contributed by atoms with Crippen molar-refractivity contribution < 1.29 is 4.79 Å². The standard InChI is InChI=1S/C15H20N2OS/c1-3-4-5-8-16-15(18)13-7-6-12(9-13)14-10-19-11(2)17-14/h6,9-10H,3-5,7-8H2,1-2H3,(H,16,18).